The van der Waals surface area contributed by atoms with E-state index >= 15 is 0 Å². The quantitative estimate of drug-likeness (QED) is 0.609. The lowest BCUT2D eigenvalue weighted by atomic mass is 10.0. The first-order valence-corrected chi connectivity index (χ1v) is 9.35. The third-order valence-electron chi connectivity index (χ3n) is 3.66. The second kappa shape index (κ2) is 10.3. The van der Waals surface area contributed by atoms with Crippen molar-refractivity contribution in [2.45, 2.75) is 39.1 Å². The number of halogens is 2. The Morgan fingerprint density at radius 1 is 1.11 bits per heavy atom. The molecule has 1 atom stereocenters. The van der Waals surface area contributed by atoms with Gasteiger partial charge in [0.25, 0.3) is 0 Å². The molecule has 0 heterocycles. The number of amides is 1. The summed E-state index contributed by atoms with van der Waals surface area (Å²) in [5.74, 6) is -1.02. The van der Waals surface area contributed by atoms with Gasteiger partial charge in [0.05, 0.1) is 16.8 Å². The van der Waals surface area contributed by atoms with Crippen molar-refractivity contribution in [2.24, 2.45) is 0 Å². The van der Waals surface area contributed by atoms with E-state index in [0.717, 1.165) is 11.1 Å². The highest BCUT2D eigenvalue weighted by Gasteiger charge is 2.20. The molecule has 0 aliphatic heterocycles. The number of carbonyl (C=O) groups excluding carboxylic acids is 1. The number of hydrogen-bond acceptors (Lipinski definition) is 4. The summed E-state index contributed by atoms with van der Waals surface area (Å²) < 4.78 is 10.6. The number of carbonyl (C=O) groups is 2. The normalized spacial score (nSPS) is 11.9. The van der Waals surface area contributed by atoms with E-state index in [1.54, 1.807) is 50.2 Å². The van der Waals surface area contributed by atoms with Crippen molar-refractivity contribution in [2.75, 3.05) is 5.32 Å². The molecular weight excluding hydrogens is 405 g/mol. The topological polar surface area (TPSA) is 84.9 Å². The Kier molecular flexibility index (Phi) is 8.11. The Balaban J connectivity index is 1.94. The molecule has 0 aromatic heterocycles. The lowest BCUT2D eigenvalue weighted by molar-refractivity contribution is -0.153. The summed E-state index contributed by atoms with van der Waals surface area (Å²) >= 11 is 11.8. The Hall–Kier alpha value is -2.28. The van der Waals surface area contributed by atoms with E-state index in [1.807, 2.05) is 0 Å². The summed E-state index contributed by atoms with van der Waals surface area (Å²) in [6.07, 6.45) is -1.59. The Labute approximate surface area is 173 Å². The number of nitrogens with one attached hydrogen (secondary N) is 1. The molecule has 28 heavy (non-hydrogen) atoms. The summed E-state index contributed by atoms with van der Waals surface area (Å²) in [7, 11) is 0. The summed E-state index contributed by atoms with van der Waals surface area (Å²) in [5.41, 5.74) is 1.89. The molecule has 0 bridgehead atoms. The van der Waals surface area contributed by atoms with E-state index in [9.17, 15) is 14.7 Å². The minimum Gasteiger partial charge on any atom is -0.479 e. The SMILES string of the molecule is CC(C)OC(Cc1cccc(COC(=O)Nc2ccc(Cl)cc2Cl)c1)C(=O)O. The van der Waals surface area contributed by atoms with Crippen LogP contribution >= 0.6 is 23.2 Å². The van der Waals surface area contributed by atoms with Gasteiger partial charge >= 0.3 is 12.1 Å². The van der Waals surface area contributed by atoms with Crippen LogP contribution in [0.3, 0.4) is 0 Å². The number of aliphatic carboxylic acids is 1. The average Bonchev–Trinajstić information content (AvgIpc) is 2.62. The van der Waals surface area contributed by atoms with Gasteiger partial charge in [-0.1, -0.05) is 47.5 Å². The van der Waals surface area contributed by atoms with Crippen molar-refractivity contribution < 1.29 is 24.2 Å². The lowest BCUT2D eigenvalue weighted by Crippen LogP contribution is -2.29. The van der Waals surface area contributed by atoms with Gasteiger partial charge in [-0.3, -0.25) is 5.32 Å². The maximum atomic E-state index is 12.0. The largest absolute Gasteiger partial charge is 0.479 e. The van der Waals surface area contributed by atoms with Crippen molar-refractivity contribution in [3.05, 3.63) is 63.6 Å². The molecule has 1 unspecified atom stereocenters. The number of hydrogen-bond donors (Lipinski definition) is 2. The van der Waals surface area contributed by atoms with Crippen LogP contribution in [0.25, 0.3) is 0 Å². The highest BCUT2D eigenvalue weighted by molar-refractivity contribution is 6.36. The van der Waals surface area contributed by atoms with Crippen molar-refractivity contribution in [1.82, 2.24) is 0 Å². The highest BCUT2D eigenvalue weighted by Crippen LogP contribution is 2.25. The maximum absolute atomic E-state index is 12.0. The molecule has 0 saturated carbocycles. The Morgan fingerprint density at radius 2 is 1.82 bits per heavy atom. The molecule has 1 amide bonds. The number of benzene rings is 2. The van der Waals surface area contributed by atoms with Gasteiger partial charge in [0.2, 0.25) is 0 Å². The monoisotopic (exact) mass is 425 g/mol. The van der Waals surface area contributed by atoms with Crippen LogP contribution < -0.4 is 5.32 Å². The Morgan fingerprint density at radius 3 is 2.46 bits per heavy atom. The molecule has 0 saturated heterocycles. The molecule has 0 aliphatic rings. The second-order valence-electron chi connectivity index (χ2n) is 6.36. The lowest BCUT2D eigenvalue weighted by Gasteiger charge is -2.17. The molecule has 0 radical (unpaired) electrons. The summed E-state index contributed by atoms with van der Waals surface area (Å²) in [4.78, 5) is 23.3. The zero-order valence-electron chi connectivity index (χ0n) is 15.4. The fourth-order valence-corrected chi connectivity index (χ4v) is 2.92. The van der Waals surface area contributed by atoms with Crippen LogP contribution in [0, 0.1) is 0 Å². The molecular formula is C20H21Cl2NO5. The van der Waals surface area contributed by atoms with Gasteiger partial charge in [-0.2, -0.15) is 0 Å². The van der Waals surface area contributed by atoms with Crippen LogP contribution in [0.2, 0.25) is 10.0 Å². The number of carboxylic acid groups (broad SMARTS) is 1. The van der Waals surface area contributed by atoms with Gasteiger partial charge in [0.1, 0.15) is 6.61 Å². The predicted octanol–water partition coefficient (Wildman–Crippen LogP) is 5.16. The molecule has 0 aliphatic carbocycles. The van der Waals surface area contributed by atoms with E-state index in [0.29, 0.717) is 15.7 Å². The van der Waals surface area contributed by atoms with Crippen LogP contribution in [0.5, 0.6) is 0 Å². The van der Waals surface area contributed by atoms with Gasteiger partial charge in [0, 0.05) is 11.4 Å². The molecule has 150 valence electrons. The molecule has 2 N–H and O–H groups in total. The smallest absolute Gasteiger partial charge is 0.412 e. The predicted molar refractivity (Wildman–Crippen MR) is 108 cm³/mol. The number of rotatable bonds is 8. The van der Waals surface area contributed by atoms with Crippen LogP contribution in [0.15, 0.2) is 42.5 Å². The average molecular weight is 426 g/mol. The van der Waals surface area contributed by atoms with Crippen LogP contribution in [-0.2, 0) is 27.3 Å². The molecule has 6 nitrogen and oxygen atoms in total. The first-order chi connectivity index (χ1) is 13.2. The zero-order chi connectivity index (χ0) is 20.7. The van der Waals surface area contributed by atoms with Gasteiger partial charge in [-0.05, 0) is 43.2 Å². The number of ether oxygens (including phenoxy) is 2. The minimum atomic E-state index is -1.02. The van der Waals surface area contributed by atoms with Gasteiger partial charge in [-0.25, -0.2) is 9.59 Å². The fraction of sp³-hybridized carbons (Fsp3) is 0.300. The van der Waals surface area contributed by atoms with Gasteiger partial charge < -0.3 is 14.6 Å². The first-order valence-electron chi connectivity index (χ1n) is 8.59. The standard InChI is InChI=1S/C20H21Cl2NO5/c1-12(2)28-18(19(24)25)9-13-4-3-5-14(8-13)11-27-20(26)23-17-7-6-15(21)10-16(17)22/h3-8,10,12,18H,9,11H2,1-2H3,(H,23,26)(H,24,25). The van der Waals surface area contributed by atoms with Crippen LogP contribution in [0.4, 0.5) is 10.5 Å². The van der Waals surface area contributed by atoms with Crippen LogP contribution in [-0.4, -0.2) is 29.4 Å². The van der Waals surface area contributed by atoms with Gasteiger partial charge in [0.15, 0.2) is 6.10 Å². The third kappa shape index (κ3) is 7.03. The molecule has 2 aromatic rings. The molecule has 2 aromatic carbocycles. The first kappa shape index (κ1) is 22.0. The van der Waals surface area contributed by atoms with Crippen molar-refractivity contribution >= 4 is 41.0 Å². The van der Waals surface area contributed by atoms with Gasteiger partial charge in [-0.15, -0.1) is 0 Å². The van der Waals surface area contributed by atoms with E-state index in [2.05, 4.69) is 5.32 Å². The maximum Gasteiger partial charge on any atom is 0.412 e. The minimum absolute atomic E-state index is 0.0215. The van der Waals surface area contributed by atoms with E-state index < -0.39 is 18.2 Å². The van der Waals surface area contributed by atoms with E-state index in [-0.39, 0.29) is 19.1 Å². The second-order valence-corrected chi connectivity index (χ2v) is 7.20. The summed E-state index contributed by atoms with van der Waals surface area (Å²) in [6.45, 7) is 3.59. The van der Waals surface area contributed by atoms with Crippen molar-refractivity contribution in [3.8, 4) is 0 Å². The van der Waals surface area contributed by atoms with E-state index in [1.165, 1.54) is 6.07 Å². The molecule has 0 fully saturated rings. The number of anilines is 1. The van der Waals surface area contributed by atoms with E-state index in [4.69, 9.17) is 32.7 Å². The third-order valence-corrected chi connectivity index (χ3v) is 4.21. The number of carboxylic acids is 1. The highest BCUT2D eigenvalue weighted by atomic mass is 35.5. The van der Waals surface area contributed by atoms with Crippen molar-refractivity contribution in [3.63, 3.8) is 0 Å². The Bertz CT molecular complexity index is 841. The van der Waals surface area contributed by atoms with Crippen LogP contribution in [0.1, 0.15) is 25.0 Å². The molecule has 2 rings (SSSR count). The summed E-state index contributed by atoms with van der Waals surface area (Å²) in [5, 5.41) is 12.6. The zero-order valence-corrected chi connectivity index (χ0v) is 17.0. The summed E-state index contributed by atoms with van der Waals surface area (Å²) in [6, 6.07) is 11.8. The molecule has 0 spiro atoms. The fourth-order valence-electron chi connectivity index (χ4n) is 2.47. The molecule has 8 heteroatoms. The van der Waals surface area contributed by atoms with Crippen molar-refractivity contribution in [1.29, 1.82) is 0 Å².